The van der Waals surface area contributed by atoms with E-state index in [9.17, 15) is 9.59 Å². The number of ether oxygens (including phenoxy) is 2. The van der Waals surface area contributed by atoms with E-state index in [1.807, 2.05) is 36.4 Å². The number of hydrogen-bond acceptors (Lipinski definition) is 5. The molecule has 0 saturated carbocycles. The smallest absolute Gasteiger partial charge is 0.228 e. The lowest BCUT2D eigenvalue weighted by molar-refractivity contribution is -0.116. The van der Waals surface area contributed by atoms with Crippen LogP contribution in [0.2, 0.25) is 0 Å². The van der Waals surface area contributed by atoms with Crippen molar-refractivity contribution >= 4 is 28.9 Å². The molecular formula is C21H25N3O4. The number of benzene rings is 2. The maximum absolute atomic E-state index is 12.6. The number of morpholine rings is 1. The van der Waals surface area contributed by atoms with Gasteiger partial charge >= 0.3 is 0 Å². The molecule has 0 atom stereocenters. The van der Waals surface area contributed by atoms with E-state index in [-0.39, 0.29) is 18.2 Å². The van der Waals surface area contributed by atoms with Crippen LogP contribution in [-0.2, 0) is 20.7 Å². The quantitative estimate of drug-likeness (QED) is 0.802. The van der Waals surface area contributed by atoms with Crippen LogP contribution in [0.25, 0.3) is 0 Å². The van der Waals surface area contributed by atoms with Crippen molar-refractivity contribution in [2.45, 2.75) is 13.3 Å². The number of hydrogen-bond donors (Lipinski definition) is 2. The standard InChI is InChI=1S/C21H25N3O4/c1-15(25)22-17-5-8-19(20(14-17)24-9-11-28-12-10-24)23-21(26)13-16-3-6-18(27-2)7-4-16/h3-8,14H,9-13H2,1-2H3,(H,22,25)(H,23,26). The summed E-state index contributed by atoms with van der Waals surface area (Å²) >= 11 is 0. The van der Waals surface area contributed by atoms with Gasteiger partial charge in [-0.05, 0) is 35.9 Å². The molecule has 2 N–H and O–H groups in total. The summed E-state index contributed by atoms with van der Waals surface area (Å²) in [6.07, 6.45) is 0.264. The molecule has 2 amide bonds. The van der Waals surface area contributed by atoms with Crippen LogP contribution in [0.1, 0.15) is 12.5 Å². The van der Waals surface area contributed by atoms with Crippen molar-refractivity contribution in [1.29, 1.82) is 0 Å². The number of rotatable bonds is 6. The van der Waals surface area contributed by atoms with Crippen LogP contribution in [0.5, 0.6) is 5.75 Å². The summed E-state index contributed by atoms with van der Waals surface area (Å²) in [4.78, 5) is 26.1. The number of anilines is 3. The number of carbonyl (C=O) groups excluding carboxylic acids is 2. The predicted molar refractivity (Wildman–Crippen MR) is 109 cm³/mol. The summed E-state index contributed by atoms with van der Waals surface area (Å²) in [6.45, 7) is 4.18. The maximum Gasteiger partial charge on any atom is 0.228 e. The largest absolute Gasteiger partial charge is 0.497 e. The van der Waals surface area contributed by atoms with Gasteiger partial charge in [-0.15, -0.1) is 0 Å². The molecule has 0 aliphatic carbocycles. The van der Waals surface area contributed by atoms with E-state index in [2.05, 4.69) is 15.5 Å². The van der Waals surface area contributed by atoms with Crippen molar-refractivity contribution in [2.75, 3.05) is 48.9 Å². The summed E-state index contributed by atoms with van der Waals surface area (Å²) in [5, 5.41) is 5.79. The minimum atomic E-state index is -0.135. The Labute approximate surface area is 164 Å². The molecule has 0 bridgehead atoms. The van der Waals surface area contributed by atoms with Crippen LogP contribution >= 0.6 is 0 Å². The molecule has 3 rings (SSSR count). The molecule has 148 valence electrons. The third-order valence-corrected chi connectivity index (χ3v) is 4.47. The van der Waals surface area contributed by atoms with Gasteiger partial charge in [0.25, 0.3) is 0 Å². The van der Waals surface area contributed by atoms with Crippen molar-refractivity contribution in [1.82, 2.24) is 0 Å². The second-order valence-electron chi connectivity index (χ2n) is 6.59. The fraction of sp³-hybridized carbons (Fsp3) is 0.333. The van der Waals surface area contributed by atoms with Gasteiger partial charge in [-0.2, -0.15) is 0 Å². The summed E-state index contributed by atoms with van der Waals surface area (Å²) in [7, 11) is 1.61. The number of nitrogens with zero attached hydrogens (tertiary/aromatic N) is 1. The van der Waals surface area contributed by atoms with E-state index < -0.39 is 0 Å². The second-order valence-corrected chi connectivity index (χ2v) is 6.59. The van der Waals surface area contributed by atoms with Crippen molar-refractivity contribution < 1.29 is 19.1 Å². The highest BCUT2D eigenvalue weighted by Gasteiger charge is 2.17. The molecular weight excluding hydrogens is 358 g/mol. The lowest BCUT2D eigenvalue weighted by atomic mass is 10.1. The highest BCUT2D eigenvalue weighted by molar-refractivity contribution is 5.97. The normalized spacial score (nSPS) is 13.7. The average Bonchev–Trinajstić information content (AvgIpc) is 2.70. The lowest BCUT2D eigenvalue weighted by Gasteiger charge is -2.31. The van der Waals surface area contributed by atoms with Gasteiger partial charge in [0.1, 0.15) is 5.75 Å². The molecule has 0 spiro atoms. The Morgan fingerprint density at radius 3 is 2.43 bits per heavy atom. The first-order chi connectivity index (χ1) is 13.5. The molecule has 0 aromatic heterocycles. The third-order valence-electron chi connectivity index (χ3n) is 4.47. The van der Waals surface area contributed by atoms with E-state index in [1.165, 1.54) is 6.92 Å². The molecule has 0 radical (unpaired) electrons. The highest BCUT2D eigenvalue weighted by atomic mass is 16.5. The van der Waals surface area contributed by atoms with Gasteiger partial charge in [-0.1, -0.05) is 12.1 Å². The average molecular weight is 383 g/mol. The number of carbonyl (C=O) groups is 2. The zero-order valence-corrected chi connectivity index (χ0v) is 16.2. The Morgan fingerprint density at radius 2 is 1.79 bits per heavy atom. The molecule has 7 heteroatoms. The summed E-state index contributed by atoms with van der Waals surface area (Å²) in [5.41, 5.74) is 3.19. The van der Waals surface area contributed by atoms with Crippen LogP contribution < -0.4 is 20.3 Å². The van der Waals surface area contributed by atoms with Crippen molar-refractivity contribution in [3.63, 3.8) is 0 Å². The molecule has 2 aromatic carbocycles. The Hall–Kier alpha value is -3.06. The zero-order chi connectivity index (χ0) is 19.9. The van der Waals surface area contributed by atoms with Crippen molar-refractivity contribution in [3.8, 4) is 5.75 Å². The van der Waals surface area contributed by atoms with Gasteiger partial charge in [0.15, 0.2) is 0 Å². The molecule has 1 aliphatic heterocycles. The Morgan fingerprint density at radius 1 is 1.07 bits per heavy atom. The molecule has 0 unspecified atom stereocenters. The first kappa shape index (κ1) is 19.7. The minimum Gasteiger partial charge on any atom is -0.497 e. The molecule has 7 nitrogen and oxygen atoms in total. The van der Waals surface area contributed by atoms with Crippen LogP contribution in [0.3, 0.4) is 0 Å². The molecule has 1 aliphatic rings. The summed E-state index contributed by atoms with van der Waals surface area (Å²) < 4.78 is 10.6. The summed E-state index contributed by atoms with van der Waals surface area (Å²) in [5.74, 6) is 0.517. The Bertz CT molecular complexity index is 830. The topological polar surface area (TPSA) is 79.9 Å². The molecule has 1 saturated heterocycles. The molecule has 2 aromatic rings. The highest BCUT2D eigenvalue weighted by Crippen LogP contribution is 2.30. The van der Waals surface area contributed by atoms with E-state index in [0.717, 1.165) is 35.8 Å². The summed E-state index contributed by atoms with van der Waals surface area (Å²) in [6, 6.07) is 12.9. The third kappa shape index (κ3) is 5.23. The van der Waals surface area contributed by atoms with E-state index in [4.69, 9.17) is 9.47 Å². The van der Waals surface area contributed by atoms with E-state index in [1.54, 1.807) is 13.2 Å². The van der Waals surface area contributed by atoms with Crippen LogP contribution in [0.15, 0.2) is 42.5 Å². The van der Waals surface area contributed by atoms with Crippen LogP contribution in [0.4, 0.5) is 17.1 Å². The number of nitrogens with one attached hydrogen (secondary N) is 2. The molecule has 1 heterocycles. The first-order valence-corrected chi connectivity index (χ1v) is 9.22. The second kappa shape index (κ2) is 9.23. The molecule has 28 heavy (non-hydrogen) atoms. The monoisotopic (exact) mass is 383 g/mol. The lowest BCUT2D eigenvalue weighted by Crippen LogP contribution is -2.37. The van der Waals surface area contributed by atoms with Crippen molar-refractivity contribution in [2.24, 2.45) is 0 Å². The van der Waals surface area contributed by atoms with Gasteiger partial charge in [0.2, 0.25) is 11.8 Å². The SMILES string of the molecule is COc1ccc(CC(=O)Nc2ccc(NC(C)=O)cc2N2CCOCC2)cc1. The van der Waals surface area contributed by atoms with Gasteiger partial charge in [-0.25, -0.2) is 0 Å². The van der Waals surface area contributed by atoms with Gasteiger partial charge in [-0.3, -0.25) is 9.59 Å². The van der Waals surface area contributed by atoms with Crippen molar-refractivity contribution in [3.05, 3.63) is 48.0 Å². The zero-order valence-electron chi connectivity index (χ0n) is 16.2. The fourth-order valence-electron chi connectivity index (χ4n) is 3.11. The maximum atomic E-state index is 12.6. The van der Waals surface area contributed by atoms with Gasteiger partial charge in [0, 0.05) is 25.7 Å². The number of amides is 2. The Balaban J connectivity index is 1.76. The fourth-order valence-corrected chi connectivity index (χ4v) is 3.11. The van der Waals surface area contributed by atoms with Crippen LogP contribution in [0, 0.1) is 0 Å². The number of methoxy groups -OCH3 is 1. The van der Waals surface area contributed by atoms with E-state index in [0.29, 0.717) is 18.9 Å². The molecule has 1 fully saturated rings. The van der Waals surface area contributed by atoms with E-state index >= 15 is 0 Å². The minimum absolute atomic E-state index is 0.105. The van der Waals surface area contributed by atoms with Crippen LogP contribution in [-0.4, -0.2) is 45.2 Å². The predicted octanol–water partition coefficient (Wildman–Crippen LogP) is 2.67. The van der Waals surface area contributed by atoms with Gasteiger partial charge in [0.05, 0.1) is 38.1 Å². The van der Waals surface area contributed by atoms with Gasteiger partial charge < -0.3 is 25.0 Å². The Kier molecular flexibility index (Phi) is 6.49. The first-order valence-electron chi connectivity index (χ1n) is 9.22.